The van der Waals surface area contributed by atoms with Crippen molar-refractivity contribution in [3.63, 3.8) is 0 Å². The van der Waals surface area contributed by atoms with E-state index in [0.717, 1.165) is 29.4 Å². The zero-order valence-electron chi connectivity index (χ0n) is 10.1. The van der Waals surface area contributed by atoms with Crippen LogP contribution >= 0.6 is 0 Å². The molecule has 0 aliphatic carbocycles. The molecule has 2 aromatic rings. The summed E-state index contributed by atoms with van der Waals surface area (Å²) in [7, 11) is 1.67. The maximum Gasteiger partial charge on any atom is 0.119 e. The van der Waals surface area contributed by atoms with Crippen molar-refractivity contribution in [3.8, 4) is 5.75 Å². The molecule has 17 heavy (non-hydrogen) atoms. The Bertz CT molecular complexity index is 480. The molecule has 3 nitrogen and oxygen atoms in total. The van der Waals surface area contributed by atoms with Crippen LogP contribution in [0.2, 0.25) is 0 Å². The van der Waals surface area contributed by atoms with Crippen molar-refractivity contribution in [1.82, 2.24) is 4.98 Å². The average Bonchev–Trinajstić information content (AvgIpc) is 2.37. The molecule has 0 radical (unpaired) electrons. The normalized spacial score (nSPS) is 10.0. The highest BCUT2D eigenvalue weighted by Gasteiger charge is 1.96. The Labute approximate surface area is 101 Å². The number of pyridine rings is 1. The van der Waals surface area contributed by atoms with Crippen LogP contribution in [0, 0.1) is 6.92 Å². The summed E-state index contributed by atoms with van der Waals surface area (Å²) in [6.45, 7) is 2.73. The van der Waals surface area contributed by atoms with Crippen molar-refractivity contribution >= 4 is 5.69 Å². The fraction of sp³-hybridized carbons (Fsp3) is 0.214. The number of nitrogens with zero attached hydrogens (tertiary/aromatic N) is 1. The molecule has 2 rings (SSSR count). The van der Waals surface area contributed by atoms with E-state index in [-0.39, 0.29) is 0 Å². The van der Waals surface area contributed by atoms with E-state index in [1.807, 2.05) is 49.4 Å². The molecule has 0 aliphatic heterocycles. The van der Waals surface area contributed by atoms with Crippen LogP contribution in [-0.2, 0) is 6.54 Å². The van der Waals surface area contributed by atoms with E-state index in [1.165, 1.54) is 0 Å². The number of methoxy groups -OCH3 is 1. The molecule has 3 heteroatoms. The molecular formula is C14H16N2O. The molecule has 0 aliphatic rings. The van der Waals surface area contributed by atoms with E-state index < -0.39 is 0 Å². The van der Waals surface area contributed by atoms with E-state index >= 15 is 0 Å². The zero-order chi connectivity index (χ0) is 12.1. The first-order chi connectivity index (χ1) is 8.28. The van der Waals surface area contributed by atoms with Crippen molar-refractivity contribution in [2.24, 2.45) is 0 Å². The number of anilines is 1. The highest BCUT2D eigenvalue weighted by atomic mass is 16.5. The largest absolute Gasteiger partial charge is 0.497 e. The quantitative estimate of drug-likeness (QED) is 0.873. The number of hydrogen-bond acceptors (Lipinski definition) is 3. The van der Waals surface area contributed by atoms with E-state index in [0.29, 0.717) is 0 Å². The predicted octanol–water partition coefficient (Wildman–Crippen LogP) is 3.01. The van der Waals surface area contributed by atoms with Gasteiger partial charge in [-0.1, -0.05) is 6.07 Å². The predicted molar refractivity (Wildman–Crippen MR) is 69.3 cm³/mol. The monoisotopic (exact) mass is 228 g/mol. The number of benzene rings is 1. The number of nitrogens with one attached hydrogen (secondary N) is 1. The van der Waals surface area contributed by atoms with Crippen LogP contribution in [0.1, 0.15) is 11.4 Å². The highest BCUT2D eigenvalue weighted by molar-refractivity contribution is 5.46. The summed E-state index contributed by atoms with van der Waals surface area (Å²) in [5.41, 5.74) is 3.15. The SMILES string of the molecule is COc1ccc(NCc2cccc(C)n2)cc1. The van der Waals surface area contributed by atoms with E-state index in [2.05, 4.69) is 10.3 Å². The van der Waals surface area contributed by atoms with Gasteiger partial charge in [-0.05, 0) is 43.3 Å². The minimum absolute atomic E-state index is 0.730. The van der Waals surface area contributed by atoms with Crippen molar-refractivity contribution < 1.29 is 4.74 Å². The molecule has 0 bridgehead atoms. The molecule has 0 spiro atoms. The maximum atomic E-state index is 5.11. The Morgan fingerprint density at radius 1 is 1.12 bits per heavy atom. The summed E-state index contributed by atoms with van der Waals surface area (Å²) in [6, 6.07) is 13.9. The van der Waals surface area contributed by atoms with Gasteiger partial charge in [-0.2, -0.15) is 0 Å². The van der Waals surface area contributed by atoms with Crippen LogP contribution < -0.4 is 10.1 Å². The Morgan fingerprint density at radius 3 is 2.53 bits per heavy atom. The van der Waals surface area contributed by atoms with Gasteiger partial charge in [-0.3, -0.25) is 4.98 Å². The van der Waals surface area contributed by atoms with Crippen LogP contribution in [0.3, 0.4) is 0 Å². The van der Waals surface area contributed by atoms with Crippen LogP contribution in [-0.4, -0.2) is 12.1 Å². The third-order valence-electron chi connectivity index (χ3n) is 2.51. The van der Waals surface area contributed by atoms with Crippen LogP contribution in [0.15, 0.2) is 42.5 Å². The van der Waals surface area contributed by atoms with Gasteiger partial charge in [0.05, 0.1) is 19.3 Å². The molecular weight excluding hydrogens is 212 g/mol. The Balaban J connectivity index is 1.97. The molecule has 1 N–H and O–H groups in total. The molecule has 1 heterocycles. The molecule has 1 aromatic carbocycles. The van der Waals surface area contributed by atoms with Crippen LogP contribution in [0.25, 0.3) is 0 Å². The molecule has 0 unspecified atom stereocenters. The van der Waals surface area contributed by atoms with Crippen LogP contribution in [0.4, 0.5) is 5.69 Å². The molecule has 88 valence electrons. The van der Waals surface area contributed by atoms with E-state index in [1.54, 1.807) is 7.11 Å². The summed E-state index contributed by atoms with van der Waals surface area (Å²) in [5.74, 6) is 0.865. The van der Waals surface area contributed by atoms with Gasteiger partial charge in [0, 0.05) is 11.4 Å². The Kier molecular flexibility index (Phi) is 3.60. The van der Waals surface area contributed by atoms with Gasteiger partial charge in [0.25, 0.3) is 0 Å². The molecule has 0 fully saturated rings. The minimum Gasteiger partial charge on any atom is -0.497 e. The molecule has 0 atom stereocenters. The molecule has 0 saturated carbocycles. The Hall–Kier alpha value is -2.03. The van der Waals surface area contributed by atoms with Crippen molar-refractivity contribution in [1.29, 1.82) is 0 Å². The van der Waals surface area contributed by atoms with E-state index in [4.69, 9.17) is 4.74 Å². The standard InChI is InChI=1S/C14H16N2O/c1-11-4-3-5-13(16-11)10-15-12-6-8-14(17-2)9-7-12/h3-9,15H,10H2,1-2H3. The molecule has 0 amide bonds. The second-order valence-electron chi connectivity index (χ2n) is 3.85. The second kappa shape index (κ2) is 5.34. The first-order valence-electron chi connectivity index (χ1n) is 5.58. The lowest BCUT2D eigenvalue weighted by molar-refractivity contribution is 0.415. The third-order valence-corrected chi connectivity index (χ3v) is 2.51. The van der Waals surface area contributed by atoms with E-state index in [9.17, 15) is 0 Å². The van der Waals surface area contributed by atoms with Crippen molar-refractivity contribution in [3.05, 3.63) is 53.9 Å². The van der Waals surface area contributed by atoms with Gasteiger partial charge >= 0.3 is 0 Å². The average molecular weight is 228 g/mol. The van der Waals surface area contributed by atoms with Gasteiger partial charge in [0.15, 0.2) is 0 Å². The topological polar surface area (TPSA) is 34.1 Å². The van der Waals surface area contributed by atoms with Crippen LogP contribution in [0.5, 0.6) is 5.75 Å². The molecule has 0 saturated heterocycles. The Morgan fingerprint density at radius 2 is 1.88 bits per heavy atom. The number of ether oxygens (including phenoxy) is 1. The first-order valence-corrected chi connectivity index (χ1v) is 5.58. The molecule has 1 aromatic heterocycles. The van der Waals surface area contributed by atoms with Crippen molar-refractivity contribution in [2.75, 3.05) is 12.4 Å². The highest BCUT2D eigenvalue weighted by Crippen LogP contribution is 2.15. The number of rotatable bonds is 4. The summed E-state index contributed by atoms with van der Waals surface area (Å²) in [5, 5.41) is 3.32. The smallest absolute Gasteiger partial charge is 0.119 e. The summed E-state index contributed by atoms with van der Waals surface area (Å²) < 4.78 is 5.11. The number of hydrogen-bond donors (Lipinski definition) is 1. The summed E-state index contributed by atoms with van der Waals surface area (Å²) in [4.78, 5) is 4.43. The second-order valence-corrected chi connectivity index (χ2v) is 3.85. The van der Waals surface area contributed by atoms with Crippen molar-refractivity contribution in [2.45, 2.75) is 13.5 Å². The number of aromatic nitrogens is 1. The first kappa shape index (κ1) is 11.5. The van der Waals surface area contributed by atoms with Gasteiger partial charge < -0.3 is 10.1 Å². The number of aryl methyl sites for hydroxylation is 1. The van der Waals surface area contributed by atoms with Gasteiger partial charge in [0.2, 0.25) is 0 Å². The summed E-state index contributed by atoms with van der Waals surface area (Å²) >= 11 is 0. The zero-order valence-corrected chi connectivity index (χ0v) is 10.1. The lowest BCUT2D eigenvalue weighted by atomic mass is 10.2. The lowest BCUT2D eigenvalue weighted by Gasteiger charge is -2.07. The minimum atomic E-state index is 0.730. The maximum absolute atomic E-state index is 5.11. The summed E-state index contributed by atoms with van der Waals surface area (Å²) in [6.07, 6.45) is 0. The van der Waals surface area contributed by atoms with Gasteiger partial charge in [-0.25, -0.2) is 0 Å². The fourth-order valence-electron chi connectivity index (χ4n) is 1.60. The lowest BCUT2D eigenvalue weighted by Crippen LogP contribution is -2.02. The fourth-order valence-corrected chi connectivity index (χ4v) is 1.60. The third kappa shape index (κ3) is 3.21. The van der Waals surface area contributed by atoms with Gasteiger partial charge in [0.1, 0.15) is 5.75 Å². The van der Waals surface area contributed by atoms with Gasteiger partial charge in [-0.15, -0.1) is 0 Å².